The van der Waals surface area contributed by atoms with Crippen LogP contribution in [0.25, 0.3) is 11.0 Å². The highest BCUT2D eigenvalue weighted by atomic mass is 16.3. The van der Waals surface area contributed by atoms with Gasteiger partial charge in [0.25, 0.3) is 0 Å². The van der Waals surface area contributed by atoms with Crippen molar-refractivity contribution in [2.24, 2.45) is 5.41 Å². The molecule has 0 bridgehead atoms. The Bertz CT molecular complexity index is 1090. The first-order valence-electron chi connectivity index (χ1n) is 10.1. The molecule has 0 spiro atoms. The van der Waals surface area contributed by atoms with Crippen LogP contribution in [0.5, 0.6) is 0 Å². The van der Waals surface area contributed by atoms with E-state index in [0.717, 1.165) is 11.3 Å². The Hall–Kier alpha value is -2.22. The van der Waals surface area contributed by atoms with Gasteiger partial charge in [-0.3, -0.25) is 0 Å². The molecule has 0 amide bonds. The maximum atomic E-state index is 6.45. The zero-order valence-corrected chi connectivity index (χ0v) is 17.5. The number of furan rings is 1. The van der Waals surface area contributed by atoms with E-state index in [1.165, 1.54) is 27.8 Å². The van der Waals surface area contributed by atoms with Crippen LogP contribution in [0, 0.1) is 12.3 Å². The van der Waals surface area contributed by atoms with E-state index in [4.69, 9.17) is 4.42 Å². The molecule has 2 atom stereocenters. The minimum atomic E-state index is -0.142. The molecular weight excluding hydrogens is 330 g/mol. The van der Waals surface area contributed by atoms with E-state index < -0.39 is 0 Å². The van der Waals surface area contributed by atoms with Crippen molar-refractivity contribution in [3.8, 4) is 0 Å². The summed E-state index contributed by atoms with van der Waals surface area (Å²) in [6.45, 7) is 16.7. The van der Waals surface area contributed by atoms with Gasteiger partial charge < -0.3 is 9.32 Å². The third kappa shape index (κ3) is 1.65. The zero-order valence-electron chi connectivity index (χ0n) is 17.5. The molecule has 0 aliphatic carbocycles. The van der Waals surface area contributed by atoms with Crippen LogP contribution in [0.15, 0.2) is 46.9 Å². The number of benzene rings is 2. The smallest absolute Gasteiger partial charge is 0.134 e. The average Bonchev–Trinajstić information content (AvgIpc) is 3.10. The lowest BCUT2D eigenvalue weighted by atomic mass is 9.51. The number of hydrogen-bond donors (Lipinski definition) is 0. The van der Waals surface area contributed by atoms with E-state index in [2.05, 4.69) is 95.8 Å². The first-order chi connectivity index (χ1) is 12.6. The van der Waals surface area contributed by atoms with E-state index in [-0.39, 0.29) is 22.4 Å². The maximum absolute atomic E-state index is 6.45. The van der Waals surface area contributed by atoms with Gasteiger partial charge in [0.05, 0.1) is 11.6 Å². The summed E-state index contributed by atoms with van der Waals surface area (Å²) < 4.78 is 6.45. The fraction of sp³-hybridized carbons (Fsp3) is 0.440. The van der Waals surface area contributed by atoms with Gasteiger partial charge in [0.15, 0.2) is 0 Å². The maximum Gasteiger partial charge on any atom is 0.134 e. The molecule has 0 radical (unpaired) electrons. The van der Waals surface area contributed by atoms with Crippen molar-refractivity contribution >= 4 is 16.7 Å². The monoisotopic (exact) mass is 359 g/mol. The SMILES string of the molecule is Cc1cccc2c1N1C(C)c3oc4ccccc4c3C1(C)C(C)(C)C2(C)C. The van der Waals surface area contributed by atoms with Gasteiger partial charge in [0.1, 0.15) is 11.3 Å². The standard InChI is InChI=1S/C25H29NO/c1-15-11-10-13-18-21(15)26-16(2)22-20(17-12-8-9-14-19(17)27-22)25(26,7)24(5,6)23(18,3)4/h8-14,16H,1-7H3. The molecule has 3 heterocycles. The van der Waals surface area contributed by atoms with Gasteiger partial charge in [0.2, 0.25) is 0 Å². The van der Waals surface area contributed by atoms with Crippen LogP contribution in [0.2, 0.25) is 0 Å². The van der Waals surface area contributed by atoms with E-state index in [1.807, 2.05) is 0 Å². The van der Waals surface area contributed by atoms with Crippen molar-refractivity contribution in [1.29, 1.82) is 0 Å². The summed E-state index contributed by atoms with van der Waals surface area (Å²) in [6, 6.07) is 15.5. The fourth-order valence-electron chi connectivity index (χ4n) is 5.94. The van der Waals surface area contributed by atoms with Crippen LogP contribution in [-0.2, 0) is 11.0 Å². The predicted octanol–water partition coefficient (Wildman–Crippen LogP) is 6.86. The lowest BCUT2D eigenvalue weighted by Gasteiger charge is -2.62. The molecule has 0 fully saturated rings. The van der Waals surface area contributed by atoms with E-state index in [0.29, 0.717) is 0 Å². The van der Waals surface area contributed by atoms with Gasteiger partial charge in [0, 0.05) is 22.1 Å². The molecule has 2 unspecified atom stereocenters. The quantitative estimate of drug-likeness (QED) is 0.436. The second-order valence-electron chi connectivity index (χ2n) is 9.68. The molecule has 27 heavy (non-hydrogen) atoms. The Kier molecular flexibility index (Phi) is 3.00. The van der Waals surface area contributed by atoms with E-state index in [9.17, 15) is 0 Å². The molecule has 0 saturated carbocycles. The number of nitrogens with zero attached hydrogens (tertiary/aromatic N) is 1. The van der Waals surface area contributed by atoms with Crippen molar-refractivity contribution in [2.45, 2.75) is 65.5 Å². The van der Waals surface area contributed by atoms with Gasteiger partial charge >= 0.3 is 0 Å². The normalized spacial score (nSPS) is 27.4. The molecule has 2 heteroatoms. The van der Waals surface area contributed by atoms with Crippen molar-refractivity contribution in [3.05, 3.63) is 64.9 Å². The minimum Gasteiger partial charge on any atom is -0.458 e. The Balaban J connectivity index is 1.95. The zero-order chi connectivity index (χ0) is 19.4. The van der Waals surface area contributed by atoms with Crippen LogP contribution in [0.4, 0.5) is 5.69 Å². The molecule has 140 valence electrons. The molecule has 0 saturated heterocycles. The van der Waals surface area contributed by atoms with Gasteiger partial charge in [-0.2, -0.15) is 0 Å². The van der Waals surface area contributed by atoms with Crippen LogP contribution in [0.1, 0.15) is 70.0 Å². The highest BCUT2D eigenvalue weighted by molar-refractivity contribution is 5.87. The molecule has 3 aromatic rings. The molecule has 2 aromatic carbocycles. The van der Waals surface area contributed by atoms with Gasteiger partial charge in [-0.1, -0.05) is 64.1 Å². The number of anilines is 1. The molecular formula is C25H29NO. The molecule has 2 aliphatic heterocycles. The first kappa shape index (κ1) is 16.9. The second-order valence-corrected chi connectivity index (χ2v) is 9.68. The first-order valence-corrected chi connectivity index (χ1v) is 10.1. The van der Waals surface area contributed by atoms with Crippen LogP contribution >= 0.6 is 0 Å². The van der Waals surface area contributed by atoms with Crippen molar-refractivity contribution < 1.29 is 4.42 Å². The summed E-state index contributed by atoms with van der Waals surface area (Å²) in [6.07, 6.45) is 0. The summed E-state index contributed by atoms with van der Waals surface area (Å²) in [5.74, 6) is 1.14. The van der Waals surface area contributed by atoms with Gasteiger partial charge in [-0.25, -0.2) is 0 Å². The van der Waals surface area contributed by atoms with Crippen LogP contribution in [0.3, 0.4) is 0 Å². The van der Waals surface area contributed by atoms with Gasteiger partial charge in [-0.05, 0) is 43.4 Å². The third-order valence-electron chi connectivity index (χ3n) is 8.29. The number of hydrogen-bond acceptors (Lipinski definition) is 2. The molecule has 2 nitrogen and oxygen atoms in total. The largest absolute Gasteiger partial charge is 0.458 e. The Morgan fingerprint density at radius 1 is 0.926 bits per heavy atom. The van der Waals surface area contributed by atoms with Crippen LogP contribution in [-0.4, -0.2) is 0 Å². The average molecular weight is 360 g/mol. The molecule has 1 aromatic heterocycles. The summed E-state index contributed by atoms with van der Waals surface area (Å²) in [5.41, 5.74) is 6.49. The van der Waals surface area contributed by atoms with Gasteiger partial charge in [-0.15, -0.1) is 0 Å². The topological polar surface area (TPSA) is 16.4 Å². The summed E-state index contributed by atoms with van der Waals surface area (Å²) in [5, 5.41) is 1.27. The fourth-order valence-corrected chi connectivity index (χ4v) is 5.94. The third-order valence-corrected chi connectivity index (χ3v) is 8.29. The second kappa shape index (κ2) is 4.79. The summed E-state index contributed by atoms with van der Waals surface area (Å²) >= 11 is 0. The Morgan fingerprint density at radius 2 is 1.63 bits per heavy atom. The minimum absolute atomic E-state index is 0.00689. The highest BCUT2D eigenvalue weighted by Gasteiger charge is 2.65. The molecule has 5 rings (SSSR count). The summed E-state index contributed by atoms with van der Waals surface area (Å²) in [7, 11) is 0. The Morgan fingerprint density at radius 3 is 2.37 bits per heavy atom. The van der Waals surface area contributed by atoms with E-state index in [1.54, 1.807) is 0 Å². The van der Waals surface area contributed by atoms with Crippen molar-refractivity contribution in [1.82, 2.24) is 0 Å². The molecule has 2 aliphatic rings. The van der Waals surface area contributed by atoms with Crippen LogP contribution < -0.4 is 4.90 Å². The number of aryl methyl sites for hydroxylation is 1. The van der Waals surface area contributed by atoms with Crippen molar-refractivity contribution in [3.63, 3.8) is 0 Å². The predicted molar refractivity (Wildman–Crippen MR) is 112 cm³/mol. The number of para-hydroxylation sites is 2. The number of rotatable bonds is 0. The van der Waals surface area contributed by atoms with Crippen molar-refractivity contribution in [2.75, 3.05) is 4.90 Å². The molecule has 0 N–H and O–H groups in total. The lowest BCUT2D eigenvalue weighted by molar-refractivity contribution is 0.0660. The Labute approximate surface area is 162 Å². The highest BCUT2D eigenvalue weighted by Crippen LogP contribution is 2.68. The summed E-state index contributed by atoms with van der Waals surface area (Å²) in [4.78, 5) is 2.66. The number of fused-ring (bicyclic) bond motifs is 7. The van der Waals surface area contributed by atoms with E-state index >= 15 is 0 Å². The lowest BCUT2D eigenvalue weighted by Crippen LogP contribution is -2.62.